The number of nitrogens with one attached hydrogen (secondary N) is 1. The molecule has 0 atom stereocenters. The Kier molecular flexibility index (Phi) is 4.33. The quantitative estimate of drug-likeness (QED) is 0.914. The molecule has 0 radical (unpaired) electrons. The molecule has 2 aromatic heterocycles. The molecule has 1 aliphatic rings. The van der Waals surface area contributed by atoms with Crippen molar-refractivity contribution in [3.63, 3.8) is 0 Å². The Balaban J connectivity index is 1.62. The van der Waals surface area contributed by atoms with Gasteiger partial charge in [0.15, 0.2) is 0 Å². The van der Waals surface area contributed by atoms with Gasteiger partial charge in [-0.05, 0) is 26.2 Å². The van der Waals surface area contributed by atoms with Crippen LogP contribution < -0.4 is 10.2 Å². The summed E-state index contributed by atoms with van der Waals surface area (Å²) < 4.78 is 1.93. The van der Waals surface area contributed by atoms with Crippen LogP contribution in [0.5, 0.6) is 0 Å². The van der Waals surface area contributed by atoms with E-state index in [0.29, 0.717) is 0 Å². The molecule has 0 saturated carbocycles. The number of anilines is 2. The van der Waals surface area contributed by atoms with Crippen LogP contribution in [0.3, 0.4) is 0 Å². The Morgan fingerprint density at radius 2 is 2.05 bits per heavy atom. The highest BCUT2D eigenvalue weighted by Gasteiger charge is 2.12. The van der Waals surface area contributed by atoms with Crippen LogP contribution >= 0.6 is 0 Å². The number of hydrogen-bond donors (Lipinski definition) is 1. The first-order chi connectivity index (χ1) is 10.3. The normalized spacial score (nSPS) is 15.2. The topological polar surface area (TPSA) is 58.9 Å². The number of rotatable bonds is 5. The minimum atomic E-state index is 0.733. The molecule has 1 N–H and O–H groups in total. The first-order valence-corrected chi connectivity index (χ1v) is 7.67. The van der Waals surface area contributed by atoms with E-state index >= 15 is 0 Å². The fraction of sp³-hybridized carbons (Fsp3) is 0.533. The monoisotopic (exact) mass is 286 g/mol. The Hall–Kier alpha value is -2.11. The van der Waals surface area contributed by atoms with Gasteiger partial charge in [-0.2, -0.15) is 5.10 Å². The van der Waals surface area contributed by atoms with Crippen LogP contribution in [-0.4, -0.2) is 32.8 Å². The van der Waals surface area contributed by atoms with Crippen molar-refractivity contribution in [2.75, 3.05) is 23.3 Å². The molecule has 0 bridgehead atoms. The van der Waals surface area contributed by atoms with E-state index in [1.165, 1.54) is 19.3 Å². The maximum absolute atomic E-state index is 4.39. The fourth-order valence-electron chi connectivity index (χ4n) is 2.60. The third kappa shape index (κ3) is 3.51. The molecule has 0 spiro atoms. The van der Waals surface area contributed by atoms with Crippen LogP contribution in [0.2, 0.25) is 0 Å². The Morgan fingerprint density at radius 1 is 1.19 bits per heavy atom. The molecule has 21 heavy (non-hydrogen) atoms. The van der Waals surface area contributed by atoms with Crippen LogP contribution in [-0.2, 0) is 13.1 Å². The van der Waals surface area contributed by atoms with Crippen LogP contribution in [0.1, 0.15) is 31.7 Å². The zero-order chi connectivity index (χ0) is 14.5. The molecular formula is C15H22N6. The predicted octanol–water partition coefficient (Wildman–Crippen LogP) is 2.30. The van der Waals surface area contributed by atoms with Crippen molar-refractivity contribution in [3.05, 3.63) is 30.4 Å². The van der Waals surface area contributed by atoms with E-state index in [1.807, 2.05) is 16.9 Å². The predicted molar refractivity (Wildman–Crippen MR) is 83.3 cm³/mol. The van der Waals surface area contributed by atoms with E-state index in [-0.39, 0.29) is 0 Å². The van der Waals surface area contributed by atoms with Crippen molar-refractivity contribution in [3.8, 4) is 0 Å². The molecule has 3 rings (SSSR count). The number of hydrogen-bond acceptors (Lipinski definition) is 5. The molecule has 6 nitrogen and oxygen atoms in total. The van der Waals surface area contributed by atoms with E-state index in [2.05, 4.69) is 38.4 Å². The van der Waals surface area contributed by atoms with Crippen molar-refractivity contribution in [1.82, 2.24) is 19.7 Å². The van der Waals surface area contributed by atoms with Gasteiger partial charge < -0.3 is 10.2 Å². The Morgan fingerprint density at radius 3 is 2.81 bits per heavy atom. The van der Waals surface area contributed by atoms with Crippen LogP contribution in [0.4, 0.5) is 11.6 Å². The summed E-state index contributed by atoms with van der Waals surface area (Å²) in [6.07, 6.45) is 9.42. The molecule has 0 aromatic carbocycles. The summed E-state index contributed by atoms with van der Waals surface area (Å²) in [5.74, 6) is 1.89. The highest BCUT2D eigenvalue weighted by atomic mass is 15.3. The summed E-state index contributed by atoms with van der Waals surface area (Å²) in [7, 11) is 0. The van der Waals surface area contributed by atoms with E-state index in [0.717, 1.165) is 43.4 Å². The maximum Gasteiger partial charge on any atom is 0.134 e. The minimum absolute atomic E-state index is 0.733. The first-order valence-electron chi connectivity index (χ1n) is 7.67. The maximum atomic E-state index is 4.39. The highest BCUT2D eigenvalue weighted by molar-refractivity contribution is 5.48. The Labute approximate surface area is 125 Å². The smallest absolute Gasteiger partial charge is 0.134 e. The summed E-state index contributed by atoms with van der Waals surface area (Å²) in [6, 6.07) is 2.04. The first kappa shape index (κ1) is 13.9. The van der Waals surface area contributed by atoms with Gasteiger partial charge in [-0.15, -0.1) is 0 Å². The lowest BCUT2D eigenvalue weighted by atomic mass is 10.1. The van der Waals surface area contributed by atoms with Crippen LogP contribution in [0.25, 0.3) is 0 Å². The average molecular weight is 286 g/mol. The lowest BCUT2D eigenvalue weighted by Crippen LogP contribution is -2.30. The van der Waals surface area contributed by atoms with Gasteiger partial charge in [0.2, 0.25) is 0 Å². The molecule has 1 saturated heterocycles. The number of aryl methyl sites for hydroxylation is 1. The van der Waals surface area contributed by atoms with Gasteiger partial charge in [0.25, 0.3) is 0 Å². The Bertz CT molecular complexity index is 573. The molecule has 0 aliphatic carbocycles. The van der Waals surface area contributed by atoms with Crippen molar-refractivity contribution >= 4 is 11.6 Å². The molecule has 1 aliphatic heterocycles. The van der Waals surface area contributed by atoms with Crippen molar-refractivity contribution in [1.29, 1.82) is 0 Å². The van der Waals surface area contributed by atoms with E-state index in [1.54, 1.807) is 6.33 Å². The van der Waals surface area contributed by atoms with Crippen molar-refractivity contribution in [2.24, 2.45) is 0 Å². The largest absolute Gasteiger partial charge is 0.366 e. The number of piperidine rings is 1. The average Bonchev–Trinajstić information content (AvgIpc) is 3.02. The van der Waals surface area contributed by atoms with Crippen LogP contribution in [0, 0.1) is 0 Å². The molecule has 0 amide bonds. The van der Waals surface area contributed by atoms with Gasteiger partial charge in [0, 0.05) is 44.0 Å². The summed E-state index contributed by atoms with van der Waals surface area (Å²) in [4.78, 5) is 11.0. The highest BCUT2D eigenvalue weighted by Crippen LogP contribution is 2.19. The SMILES string of the molecule is CCn1cc(CNc2cc(N3CCCCC3)ncn2)cn1. The van der Waals surface area contributed by atoms with Crippen LogP contribution in [0.15, 0.2) is 24.8 Å². The van der Waals surface area contributed by atoms with Crippen molar-refractivity contribution in [2.45, 2.75) is 39.3 Å². The lowest BCUT2D eigenvalue weighted by Gasteiger charge is -2.27. The molecule has 3 heterocycles. The molecule has 1 fully saturated rings. The lowest BCUT2D eigenvalue weighted by molar-refractivity contribution is 0.573. The van der Waals surface area contributed by atoms with Crippen molar-refractivity contribution < 1.29 is 0 Å². The third-order valence-electron chi connectivity index (χ3n) is 3.82. The standard InChI is InChI=1S/C15H22N6/c1-2-21-11-13(10-19-21)9-16-14-8-15(18-12-17-14)20-6-4-3-5-7-20/h8,10-12H,2-7,9H2,1H3,(H,16,17,18). The second-order valence-corrected chi connectivity index (χ2v) is 5.37. The summed E-state index contributed by atoms with van der Waals surface area (Å²) in [6.45, 7) is 5.90. The molecule has 112 valence electrons. The van der Waals surface area contributed by atoms with Gasteiger partial charge in [-0.3, -0.25) is 4.68 Å². The molecule has 6 heteroatoms. The molecule has 2 aromatic rings. The van der Waals surface area contributed by atoms with Gasteiger partial charge >= 0.3 is 0 Å². The summed E-state index contributed by atoms with van der Waals surface area (Å²) in [5.41, 5.74) is 1.16. The molecule has 0 unspecified atom stereocenters. The zero-order valence-corrected chi connectivity index (χ0v) is 12.5. The van der Waals surface area contributed by atoms with E-state index in [4.69, 9.17) is 0 Å². The van der Waals surface area contributed by atoms with Gasteiger partial charge in [0.05, 0.1) is 6.20 Å². The second-order valence-electron chi connectivity index (χ2n) is 5.37. The fourth-order valence-corrected chi connectivity index (χ4v) is 2.60. The summed E-state index contributed by atoms with van der Waals surface area (Å²) in [5, 5.41) is 7.62. The number of aromatic nitrogens is 4. The second kappa shape index (κ2) is 6.56. The minimum Gasteiger partial charge on any atom is -0.366 e. The van der Waals surface area contributed by atoms with Gasteiger partial charge in [0.1, 0.15) is 18.0 Å². The van der Waals surface area contributed by atoms with E-state index in [9.17, 15) is 0 Å². The zero-order valence-electron chi connectivity index (χ0n) is 12.5. The third-order valence-corrected chi connectivity index (χ3v) is 3.82. The van der Waals surface area contributed by atoms with E-state index < -0.39 is 0 Å². The molecular weight excluding hydrogens is 264 g/mol. The number of nitrogens with zero attached hydrogens (tertiary/aromatic N) is 5. The van der Waals surface area contributed by atoms with Gasteiger partial charge in [-0.1, -0.05) is 0 Å². The van der Waals surface area contributed by atoms with Gasteiger partial charge in [-0.25, -0.2) is 9.97 Å². The summed E-state index contributed by atoms with van der Waals surface area (Å²) >= 11 is 0.